The SMILES string of the molecule is CN1C(=O)c2cc(-c3cccc4c(=O)n(C)c(NC(C)(C)C)nc34)[nH]c2C1CCO. The van der Waals surface area contributed by atoms with E-state index < -0.39 is 0 Å². The van der Waals surface area contributed by atoms with E-state index in [1.807, 2.05) is 39.0 Å². The van der Waals surface area contributed by atoms with Crippen LogP contribution < -0.4 is 10.9 Å². The van der Waals surface area contributed by atoms with Crippen LogP contribution in [0.1, 0.15) is 49.3 Å². The topological polar surface area (TPSA) is 103 Å². The van der Waals surface area contributed by atoms with Crippen molar-refractivity contribution in [2.45, 2.75) is 38.8 Å². The third-order valence-corrected chi connectivity index (χ3v) is 5.49. The van der Waals surface area contributed by atoms with Crippen LogP contribution in [-0.4, -0.2) is 49.6 Å². The van der Waals surface area contributed by atoms with Crippen LogP contribution in [0.2, 0.25) is 0 Å². The quantitative estimate of drug-likeness (QED) is 0.615. The van der Waals surface area contributed by atoms with Crippen molar-refractivity contribution >= 4 is 22.8 Å². The number of amides is 1. The van der Waals surface area contributed by atoms with Crippen molar-refractivity contribution in [1.82, 2.24) is 19.4 Å². The number of hydrogen-bond donors (Lipinski definition) is 3. The van der Waals surface area contributed by atoms with Crippen LogP contribution in [0.25, 0.3) is 22.2 Å². The minimum atomic E-state index is -0.262. The maximum Gasteiger partial charge on any atom is 0.262 e. The van der Waals surface area contributed by atoms with E-state index >= 15 is 0 Å². The fourth-order valence-corrected chi connectivity index (χ4v) is 4.00. The Balaban J connectivity index is 1.90. The minimum absolute atomic E-state index is 0.0101. The van der Waals surface area contributed by atoms with Crippen molar-refractivity contribution in [3.05, 3.63) is 45.9 Å². The normalized spacial score (nSPS) is 16.4. The van der Waals surface area contributed by atoms with Crippen LogP contribution in [0.15, 0.2) is 29.1 Å². The van der Waals surface area contributed by atoms with E-state index in [9.17, 15) is 14.7 Å². The number of H-pyrrole nitrogens is 1. The molecule has 0 fully saturated rings. The smallest absolute Gasteiger partial charge is 0.262 e. The summed E-state index contributed by atoms with van der Waals surface area (Å²) in [5, 5.41) is 13.2. The van der Waals surface area contributed by atoms with Gasteiger partial charge in [-0.2, -0.15) is 0 Å². The highest BCUT2D eigenvalue weighted by Gasteiger charge is 2.36. The Labute approximate surface area is 174 Å². The van der Waals surface area contributed by atoms with Gasteiger partial charge in [-0.05, 0) is 39.3 Å². The molecule has 0 saturated carbocycles. The number of hydrogen-bond acceptors (Lipinski definition) is 5. The number of benzene rings is 1. The first-order valence-corrected chi connectivity index (χ1v) is 10.0. The van der Waals surface area contributed by atoms with Crippen molar-refractivity contribution in [3.8, 4) is 11.3 Å². The Hall–Kier alpha value is -3.13. The molecule has 1 atom stereocenters. The second kappa shape index (κ2) is 6.98. The summed E-state index contributed by atoms with van der Waals surface area (Å²) in [6.07, 6.45) is 0.461. The number of fused-ring (bicyclic) bond motifs is 2. The monoisotopic (exact) mass is 409 g/mol. The lowest BCUT2D eigenvalue weighted by Crippen LogP contribution is -2.32. The van der Waals surface area contributed by atoms with E-state index in [0.29, 0.717) is 28.8 Å². The Morgan fingerprint density at radius 1 is 1.20 bits per heavy atom. The zero-order valence-electron chi connectivity index (χ0n) is 17.9. The molecular weight excluding hydrogens is 382 g/mol. The molecule has 0 saturated heterocycles. The van der Waals surface area contributed by atoms with Gasteiger partial charge in [0.05, 0.1) is 28.2 Å². The Kier molecular flexibility index (Phi) is 4.69. The molecule has 1 unspecified atom stereocenters. The van der Waals surface area contributed by atoms with Gasteiger partial charge >= 0.3 is 0 Å². The summed E-state index contributed by atoms with van der Waals surface area (Å²) in [6.45, 7) is 6.01. The molecule has 158 valence electrons. The summed E-state index contributed by atoms with van der Waals surface area (Å²) in [4.78, 5) is 35.4. The van der Waals surface area contributed by atoms with Gasteiger partial charge in [0.25, 0.3) is 11.5 Å². The molecule has 30 heavy (non-hydrogen) atoms. The molecule has 0 aliphatic carbocycles. The summed E-state index contributed by atoms with van der Waals surface area (Å²) < 4.78 is 1.52. The lowest BCUT2D eigenvalue weighted by Gasteiger charge is -2.23. The van der Waals surface area contributed by atoms with Crippen molar-refractivity contribution in [2.24, 2.45) is 7.05 Å². The molecular formula is C22H27N5O3. The van der Waals surface area contributed by atoms with Gasteiger partial charge < -0.3 is 20.3 Å². The summed E-state index contributed by atoms with van der Waals surface area (Å²) in [6, 6.07) is 7.10. The van der Waals surface area contributed by atoms with E-state index in [1.165, 1.54) is 4.57 Å². The molecule has 8 nitrogen and oxygen atoms in total. The number of rotatable bonds is 4. The van der Waals surface area contributed by atoms with E-state index in [4.69, 9.17) is 4.98 Å². The number of aromatic amines is 1. The number of carbonyl (C=O) groups excluding carboxylic acids is 1. The maximum atomic E-state index is 13.0. The van der Waals surface area contributed by atoms with Crippen molar-refractivity contribution in [2.75, 3.05) is 19.0 Å². The van der Waals surface area contributed by atoms with E-state index in [-0.39, 0.29) is 29.7 Å². The number of para-hydroxylation sites is 1. The molecule has 3 heterocycles. The fourth-order valence-electron chi connectivity index (χ4n) is 4.00. The molecule has 4 rings (SSSR count). The van der Waals surface area contributed by atoms with Crippen molar-refractivity contribution in [3.63, 3.8) is 0 Å². The van der Waals surface area contributed by atoms with Gasteiger partial charge in [0.2, 0.25) is 5.95 Å². The lowest BCUT2D eigenvalue weighted by atomic mass is 10.1. The summed E-state index contributed by atoms with van der Waals surface area (Å²) >= 11 is 0. The van der Waals surface area contributed by atoms with E-state index in [2.05, 4.69) is 10.3 Å². The predicted molar refractivity (Wildman–Crippen MR) is 117 cm³/mol. The van der Waals surface area contributed by atoms with Gasteiger partial charge in [-0.1, -0.05) is 12.1 Å². The largest absolute Gasteiger partial charge is 0.396 e. The molecule has 3 N–H and O–H groups in total. The summed E-state index contributed by atoms with van der Waals surface area (Å²) in [7, 11) is 3.44. The highest BCUT2D eigenvalue weighted by atomic mass is 16.3. The first-order valence-electron chi connectivity index (χ1n) is 10.0. The third-order valence-electron chi connectivity index (χ3n) is 5.49. The Morgan fingerprint density at radius 2 is 1.93 bits per heavy atom. The van der Waals surface area contributed by atoms with Crippen LogP contribution in [0.5, 0.6) is 0 Å². The molecule has 8 heteroatoms. The molecule has 1 amide bonds. The third kappa shape index (κ3) is 3.17. The van der Waals surface area contributed by atoms with Crippen molar-refractivity contribution in [1.29, 1.82) is 0 Å². The first-order chi connectivity index (χ1) is 14.1. The standard InChI is InChI=1S/C22H27N5O3/c1-22(2,3)25-21-24-17-12(7-6-8-13(17)19(29)27(21)5)15-11-14-18(23-15)16(9-10-28)26(4)20(14)30/h6-8,11,16,23,28H,9-10H2,1-5H3,(H,24,25). The average Bonchev–Trinajstić information content (AvgIpc) is 3.20. The second-order valence-corrected chi connectivity index (χ2v) is 8.83. The van der Waals surface area contributed by atoms with Crippen LogP contribution in [0.4, 0.5) is 5.95 Å². The van der Waals surface area contributed by atoms with Crippen LogP contribution >= 0.6 is 0 Å². The average molecular weight is 409 g/mol. The second-order valence-electron chi connectivity index (χ2n) is 8.83. The molecule has 0 spiro atoms. The number of aliphatic hydroxyl groups is 1. The molecule has 1 aliphatic heterocycles. The number of anilines is 1. The number of aromatic nitrogens is 3. The molecule has 1 aliphatic rings. The summed E-state index contributed by atoms with van der Waals surface area (Å²) in [5.41, 5.74) is 3.06. The molecule has 0 bridgehead atoms. The van der Waals surface area contributed by atoms with Crippen LogP contribution in [0.3, 0.4) is 0 Å². The zero-order valence-corrected chi connectivity index (χ0v) is 17.9. The predicted octanol–water partition coefficient (Wildman–Crippen LogP) is 2.65. The van der Waals surface area contributed by atoms with Gasteiger partial charge in [0.1, 0.15) is 0 Å². The van der Waals surface area contributed by atoms with E-state index in [0.717, 1.165) is 17.0 Å². The number of aliphatic hydroxyl groups excluding tert-OH is 1. The first kappa shape index (κ1) is 20.2. The zero-order chi connectivity index (χ0) is 21.8. The number of nitrogens with one attached hydrogen (secondary N) is 2. The minimum Gasteiger partial charge on any atom is -0.396 e. The van der Waals surface area contributed by atoms with Crippen molar-refractivity contribution < 1.29 is 9.90 Å². The highest BCUT2D eigenvalue weighted by molar-refractivity contribution is 6.01. The molecule has 1 aromatic carbocycles. The number of nitrogens with zero attached hydrogens (tertiary/aromatic N) is 3. The van der Waals surface area contributed by atoms with Gasteiger partial charge in [0.15, 0.2) is 0 Å². The number of carbonyl (C=O) groups is 1. The Morgan fingerprint density at radius 3 is 2.60 bits per heavy atom. The maximum absolute atomic E-state index is 13.0. The molecule has 0 radical (unpaired) electrons. The lowest BCUT2D eigenvalue weighted by molar-refractivity contribution is 0.0752. The van der Waals surface area contributed by atoms with Gasteiger partial charge in [-0.15, -0.1) is 0 Å². The van der Waals surface area contributed by atoms with Gasteiger partial charge in [-0.25, -0.2) is 4.98 Å². The highest BCUT2D eigenvalue weighted by Crippen LogP contribution is 2.38. The van der Waals surface area contributed by atoms with E-state index in [1.54, 1.807) is 25.1 Å². The van der Waals surface area contributed by atoms with Gasteiger partial charge in [-0.3, -0.25) is 14.2 Å². The summed E-state index contributed by atoms with van der Waals surface area (Å²) in [5.74, 6) is 0.408. The van der Waals surface area contributed by atoms with Crippen LogP contribution in [0, 0.1) is 0 Å². The Bertz CT molecular complexity index is 1200. The fraction of sp³-hybridized carbons (Fsp3) is 0.409. The molecule has 3 aromatic rings. The van der Waals surface area contributed by atoms with Crippen LogP contribution in [-0.2, 0) is 7.05 Å². The molecule has 2 aromatic heterocycles. The van der Waals surface area contributed by atoms with Gasteiger partial charge in [0, 0.05) is 37.5 Å².